The first-order valence-electron chi connectivity index (χ1n) is 10.3. The van der Waals surface area contributed by atoms with Gasteiger partial charge < -0.3 is 10.1 Å². The van der Waals surface area contributed by atoms with E-state index in [1.165, 1.54) is 11.8 Å². The van der Waals surface area contributed by atoms with E-state index < -0.39 is 0 Å². The summed E-state index contributed by atoms with van der Waals surface area (Å²) in [6.07, 6.45) is 1.78. The van der Waals surface area contributed by atoms with Crippen LogP contribution in [0.3, 0.4) is 0 Å². The van der Waals surface area contributed by atoms with Crippen molar-refractivity contribution in [1.82, 2.24) is 14.8 Å². The Morgan fingerprint density at radius 1 is 1.25 bits per heavy atom. The minimum absolute atomic E-state index is 0.107. The van der Waals surface area contributed by atoms with Gasteiger partial charge in [-0.3, -0.25) is 9.36 Å². The van der Waals surface area contributed by atoms with E-state index in [-0.39, 0.29) is 18.3 Å². The number of carbonyl (C=O) groups excluding carboxylic acids is 1. The Morgan fingerprint density at radius 2 is 2.00 bits per heavy atom. The Balaban J connectivity index is 1.66. The number of halogens is 1. The third-order valence-corrected chi connectivity index (χ3v) is 6.21. The number of nitrogens with one attached hydrogen (secondary N) is 1. The lowest BCUT2D eigenvalue weighted by Crippen LogP contribution is -2.15. The number of benzene rings is 2. The van der Waals surface area contributed by atoms with Crippen molar-refractivity contribution in [3.8, 4) is 5.75 Å². The van der Waals surface area contributed by atoms with Crippen LogP contribution in [0.1, 0.15) is 36.7 Å². The number of allylic oxidation sites excluding steroid dienone is 1. The molecule has 1 aromatic heterocycles. The van der Waals surface area contributed by atoms with Gasteiger partial charge in [0.05, 0.1) is 5.75 Å². The number of thioether (sulfide) groups is 1. The maximum Gasteiger partial charge on any atom is 0.234 e. The molecule has 0 fully saturated rings. The first kappa shape index (κ1) is 24.1. The summed E-state index contributed by atoms with van der Waals surface area (Å²) in [5.74, 6) is 2.02. The summed E-state index contributed by atoms with van der Waals surface area (Å²) in [4.78, 5) is 12.3. The maximum atomic E-state index is 12.3. The molecule has 0 aliphatic rings. The summed E-state index contributed by atoms with van der Waals surface area (Å²) in [5.41, 5.74) is 3.05. The Bertz CT molecular complexity index is 1080. The molecule has 0 radical (unpaired) electrons. The molecule has 0 bridgehead atoms. The van der Waals surface area contributed by atoms with Gasteiger partial charge in [0, 0.05) is 16.7 Å². The van der Waals surface area contributed by atoms with Crippen molar-refractivity contribution in [3.63, 3.8) is 0 Å². The largest absolute Gasteiger partial charge is 0.485 e. The lowest BCUT2D eigenvalue weighted by atomic mass is 10.0. The van der Waals surface area contributed by atoms with Gasteiger partial charge in [0.15, 0.2) is 11.0 Å². The number of ether oxygens (including phenoxy) is 1. The second-order valence-electron chi connectivity index (χ2n) is 7.63. The highest BCUT2D eigenvalue weighted by molar-refractivity contribution is 9.10. The van der Waals surface area contributed by atoms with E-state index in [4.69, 9.17) is 4.74 Å². The number of aromatic nitrogens is 3. The molecule has 0 saturated heterocycles. The molecule has 8 heteroatoms. The molecule has 0 aliphatic carbocycles. The van der Waals surface area contributed by atoms with E-state index in [9.17, 15) is 4.79 Å². The highest BCUT2D eigenvalue weighted by Crippen LogP contribution is 2.28. The fraction of sp³-hybridized carbons (Fsp3) is 0.292. The van der Waals surface area contributed by atoms with Crippen LogP contribution < -0.4 is 10.1 Å². The maximum absolute atomic E-state index is 12.3. The molecule has 0 atom stereocenters. The lowest BCUT2D eigenvalue weighted by Gasteiger charge is -2.15. The number of hydrogen-bond donors (Lipinski definition) is 1. The van der Waals surface area contributed by atoms with Gasteiger partial charge in [-0.2, -0.15) is 0 Å². The molecule has 1 N–H and O–H groups in total. The highest BCUT2D eigenvalue weighted by atomic mass is 79.9. The van der Waals surface area contributed by atoms with E-state index in [2.05, 4.69) is 64.0 Å². The van der Waals surface area contributed by atoms with E-state index in [1.54, 1.807) is 6.08 Å². The second kappa shape index (κ2) is 11.3. The van der Waals surface area contributed by atoms with Crippen LogP contribution in [0, 0.1) is 6.92 Å². The van der Waals surface area contributed by atoms with Crippen LogP contribution in [0.4, 0.5) is 5.69 Å². The molecule has 168 valence electrons. The molecular formula is C24H27BrN4O2S. The number of hydrogen-bond acceptors (Lipinski definition) is 5. The van der Waals surface area contributed by atoms with Crippen LogP contribution in [-0.4, -0.2) is 26.4 Å². The standard InChI is InChI=1S/C24H27BrN4O2S/c1-5-12-29-22(14-31-21-13-17(4)6-11-20(21)16(2)3)27-28-24(29)32-15-23(30)26-19-9-7-18(25)8-10-19/h5-11,13,16H,1,12,14-15H2,2-4H3,(H,26,30). The molecule has 0 aliphatic heterocycles. The van der Waals surface area contributed by atoms with Crippen molar-refractivity contribution < 1.29 is 9.53 Å². The minimum atomic E-state index is -0.107. The highest BCUT2D eigenvalue weighted by Gasteiger charge is 2.16. The van der Waals surface area contributed by atoms with Crippen LogP contribution >= 0.6 is 27.7 Å². The quantitative estimate of drug-likeness (QED) is 0.266. The Morgan fingerprint density at radius 3 is 2.69 bits per heavy atom. The van der Waals surface area contributed by atoms with Crippen molar-refractivity contribution in [2.45, 2.75) is 45.0 Å². The van der Waals surface area contributed by atoms with Crippen molar-refractivity contribution in [3.05, 3.63) is 76.5 Å². The predicted molar refractivity (Wildman–Crippen MR) is 133 cm³/mol. The Hall–Kier alpha value is -2.58. The smallest absolute Gasteiger partial charge is 0.234 e. The number of anilines is 1. The number of aryl methyl sites for hydroxylation is 1. The Labute approximate surface area is 201 Å². The summed E-state index contributed by atoms with van der Waals surface area (Å²) in [6, 6.07) is 13.7. The van der Waals surface area contributed by atoms with E-state index in [1.807, 2.05) is 41.8 Å². The van der Waals surface area contributed by atoms with Gasteiger partial charge in [0.1, 0.15) is 12.4 Å². The Kier molecular flexibility index (Phi) is 8.53. The molecule has 3 rings (SSSR count). The predicted octanol–water partition coefficient (Wildman–Crippen LogP) is 5.97. The zero-order valence-electron chi connectivity index (χ0n) is 18.5. The summed E-state index contributed by atoms with van der Waals surface area (Å²) < 4.78 is 9.02. The monoisotopic (exact) mass is 514 g/mol. The average molecular weight is 515 g/mol. The topological polar surface area (TPSA) is 69.0 Å². The van der Waals surface area contributed by atoms with Crippen LogP contribution in [0.5, 0.6) is 5.75 Å². The van der Waals surface area contributed by atoms with Crippen molar-refractivity contribution in [1.29, 1.82) is 0 Å². The van der Waals surface area contributed by atoms with Crippen LogP contribution in [-0.2, 0) is 17.9 Å². The molecule has 1 heterocycles. The van der Waals surface area contributed by atoms with Gasteiger partial charge in [-0.15, -0.1) is 16.8 Å². The first-order valence-corrected chi connectivity index (χ1v) is 12.1. The third-order valence-electron chi connectivity index (χ3n) is 4.71. The fourth-order valence-electron chi connectivity index (χ4n) is 3.09. The fourth-order valence-corrected chi connectivity index (χ4v) is 4.12. The van der Waals surface area contributed by atoms with Crippen LogP contribution in [0.2, 0.25) is 0 Å². The molecule has 0 unspecified atom stereocenters. The normalized spacial score (nSPS) is 10.9. The number of rotatable bonds is 10. The van der Waals surface area contributed by atoms with Crippen molar-refractivity contribution >= 4 is 39.3 Å². The molecule has 3 aromatic rings. The summed E-state index contributed by atoms with van der Waals surface area (Å²) >= 11 is 4.72. The molecule has 1 amide bonds. The molecule has 0 spiro atoms. The average Bonchev–Trinajstić information content (AvgIpc) is 3.14. The molecule has 0 saturated carbocycles. The summed E-state index contributed by atoms with van der Waals surface area (Å²) in [5, 5.41) is 12.1. The number of nitrogens with zero attached hydrogens (tertiary/aromatic N) is 3. The van der Waals surface area contributed by atoms with E-state index >= 15 is 0 Å². The van der Waals surface area contributed by atoms with Gasteiger partial charge in [-0.25, -0.2) is 0 Å². The van der Waals surface area contributed by atoms with E-state index in [0.717, 1.165) is 27.0 Å². The van der Waals surface area contributed by atoms with Gasteiger partial charge in [-0.1, -0.05) is 59.7 Å². The lowest BCUT2D eigenvalue weighted by molar-refractivity contribution is -0.113. The SMILES string of the molecule is C=CCn1c(COc2cc(C)ccc2C(C)C)nnc1SCC(=O)Nc1ccc(Br)cc1. The summed E-state index contributed by atoms with van der Waals surface area (Å²) in [6.45, 7) is 11.0. The second-order valence-corrected chi connectivity index (χ2v) is 9.48. The van der Waals surface area contributed by atoms with Gasteiger partial charge in [0.25, 0.3) is 0 Å². The first-order chi connectivity index (χ1) is 15.4. The number of carbonyl (C=O) groups is 1. The molecule has 2 aromatic carbocycles. The van der Waals surface area contributed by atoms with Gasteiger partial charge >= 0.3 is 0 Å². The van der Waals surface area contributed by atoms with Gasteiger partial charge in [0.2, 0.25) is 5.91 Å². The van der Waals surface area contributed by atoms with Crippen LogP contribution in [0.15, 0.2) is 64.7 Å². The van der Waals surface area contributed by atoms with E-state index in [0.29, 0.717) is 23.4 Å². The molecule has 6 nitrogen and oxygen atoms in total. The van der Waals surface area contributed by atoms with Crippen LogP contribution in [0.25, 0.3) is 0 Å². The molecular weight excluding hydrogens is 488 g/mol. The zero-order valence-corrected chi connectivity index (χ0v) is 20.9. The minimum Gasteiger partial charge on any atom is -0.485 e. The zero-order chi connectivity index (χ0) is 23.1. The third kappa shape index (κ3) is 6.46. The van der Waals surface area contributed by atoms with Crippen molar-refractivity contribution in [2.24, 2.45) is 0 Å². The molecule has 32 heavy (non-hydrogen) atoms. The summed E-state index contributed by atoms with van der Waals surface area (Å²) in [7, 11) is 0. The number of amides is 1. The van der Waals surface area contributed by atoms with Gasteiger partial charge in [-0.05, 0) is 54.3 Å². The van der Waals surface area contributed by atoms with Crippen molar-refractivity contribution in [2.75, 3.05) is 11.1 Å².